The van der Waals surface area contributed by atoms with Crippen LogP contribution in [0.25, 0.3) is 22.6 Å². The maximum atomic E-state index is 12.9. The van der Waals surface area contributed by atoms with Crippen molar-refractivity contribution in [3.8, 4) is 11.6 Å². The first-order valence-corrected chi connectivity index (χ1v) is 10.7. The molecule has 152 valence electrons. The Labute approximate surface area is 176 Å². The molecule has 4 aromatic rings. The van der Waals surface area contributed by atoms with Crippen LogP contribution in [0.1, 0.15) is 22.5 Å². The van der Waals surface area contributed by atoms with Crippen molar-refractivity contribution in [2.45, 2.75) is 12.8 Å². The molecule has 0 saturated carbocycles. The van der Waals surface area contributed by atoms with E-state index in [2.05, 4.69) is 15.3 Å². The van der Waals surface area contributed by atoms with Gasteiger partial charge in [0.25, 0.3) is 5.91 Å². The van der Waals surface area contributed by atoms with Crippen LogP contribution in [0.3, 0.4) is 0 Å². The Morgan fingerprint density at radius 2 is 2.17 bits per heavy atom. The second-order valence-corrected chi connectivity index (χ2v) is 8.30. The van der Waals surface area contributed by atoms with E-state index in [1.165, 1.54) is 11.3 Å². The van der Waals surface area contributed by atoms with E-state index in [1.54, 1.807) is 11.2 Å². The molecular formula is C22H20N4O3S. The van der Waals surface area contributed by atoms with Crippen LogP contribution in [-0.4, -0.2) is 39.8 Å². The Balaban J connectivity index is 1.28. The first kappa shape index (κ1) is 18.6. The third-order valence-electron chi connectivity index (χ3n) is 5.32. The summed E-state index contributed by atoms with van der Waals surface area (Å²) in [5.74, 6) is 1.03. The van der Waals surface area contributed by atoms with Gasteiger partial charge in [-0.1, -0.05) is 6.07 Å². The van der Waals surface area contributed by atoms with Crippen LogP contribution in [0.2, 0.25) is 0 Å². The molecule has 0 aliphatic carbocycles. The third-order valence-corrected chi connectivity index (χ3v) is 6.17. The minimum Gasteiger partial charge on any atom is -0.461 e. The zero-order chi connectivity index (χ0) is 20.5. The third kappa shape index (κ3) is 3.61. The minimum atomic E-state index is -0.223. The van der Waals surface area contributed by atoms with Crippen molar-refractivity contribution < 1.29 is 14.0 Å². The molecule has 5 rings (SSSR count). The number of nitrogens with zero attached hydrogens (tertiary/aromatic N) is 2. The molecule has 2 N–H and O–H groups in total. The largest absolute Gasteiger partial charge is 0.461 e. The maximum absolute atomic E-state index is 12.9. The summed E-state index contributed by atoms with van der Waals surface area (Å²) < 4.78 is 5.38. The second-order valence-electron chi connectivity index (χ2n) is 7.35. The molecule has 1 aliphatic heterocycles. The molecule has 7 nitrogen and oxygen atoms in total. The summed E-state index contributed by atoms with van der Waals surface area (Å²) in [6.07, 6.45) is 3.20. The number of imidazole rings is 1. The van der Waals surface area contributed by atoms with Gasteiger partial charge in [-0.2, -0.15) is 0 Å². The molecule has 30 heavy (non-hydrogen) atoms. The second kappa shape index (κ2) is 7.79. The van der Waals surface area contributed by atoms with Gasteiger partial charge in [0, 0.05) is 18.8 Å². The number of nitrogens with one attached hydrogen (secondary N) is 2. The van der Waals surface area contributed by atoms with E-state index in [9.17, 15) is 9.59 Å². The van der Waals surface area contributed by atoms with Crippen molar-refractivity contribution >= 4 is 39.9 Å². The number of anilines is 1. The normalized spacial score (nSPS) is 16.7. The van der Waals surface area contributed by atoms with Crippen LogP contribution in [0.15, 0.2) is 58.5 Å². The maximum Gasteiger partial charge on any atom is 0.263 e. The van der Waals surface area contributed by atoms with Gasteiger partial charge in [-0.05, 0) is 54.6 Å². The number of amides is 2. The Morgan fingerprint density at radius 3 is 2.97 bits per heavy atom. The van der Waals surface area contributed by atoms with E-state index in [-0.39, 0.29) is 17.7 Å². The smallest absolute Gasteiger partial charge is 0.263 e. The molecule has 1 unspecified atom stereocenters. The van der Waals surface area contributed by atoms with Crippen molar-refractivity contribution in [1.29, 1.82) is 0 Å². The number of rotatable bonds is 4. The van der Waals surface area contributed by atoms with Gasteiger partial charge in [-0.3, -0.25) is 9.59 Å². The highest BCUT2D eigenvalue weighted by Gasteiger charge is 2.29. The van der Waals surface area contributed by atoms with Crippen molar-refractivity contribution in [2.75, 3.05) is 18.4 Å². The van der Waals surface area contributed by atoms with Gasteiger partial charge < -0.3 is 19.6 Å². The van der Waals surface area contributed by atoms with E-state index in [0.717, 1.165) is 23.9 Å². The van der Waals surface area contributed by atoms with Crippen LogP contribution in [0.5, 0.6) is 0 Å². The van der Waals surface area contributed by atoms with Gasteiger partial charge in [-0.15, -0.1) is 11.3 Å². The minimum absolute atomic E-state index is 0.00633. The van der Waals surface area contributed by atoms with Gasteiger partial charge in [0.2, 0.25) is 5.91 Å². The first-order chi connectivity index (χ1) is 14.7. The van der Waals surface area contributed by atoms with Crippen LogP contribution in [0, 0.1) is 5.92 Å². The molecule has 4 heterocycles. The molecule has 1 aromatic carbocycles. The van der Waals surface area contributed by atoms with Gasteiger partial charge in [0.15, 0.2) is 11.6 Å². The first-order valence-electron chi connectivity index (χ1n) is 9.85. The SMILES string of the molecule is O=C(Nc1ccc2nc(-c3ccco3)[nH]c2c1)C1CCCN(C(=O)c2cccs2)C1. The van der Waals surface area contributed by atoms with Crippen LogP contribution >= 0.6 is 11.3 Å². The highest BCUT2D eigenvalue weighted by molar-refractivity contribution is 7.12. The summed E-state index contributed by atoms with van der Waals surface area (Å²) in [4.78, 5) is 35.7. The monoisotopic (exact) mass is 420 g/mol. The molecule has 1 fully saturated rings. The van der Waals surface area contributed by atoms with Gasteiger partial charge >= 0.3 is 0 Å². The number of aromatic nitrogens is 2. The van der Waals surface area contributed by atoms with Gasteiger partial charge in [-0.25, -0.2) is 4.98 Å². The van der Waals surface area contributed by atoms with Crippen molar-refractivity contribution in [2.24, 2.45) is 5.92 Å². The topological polar surface area (TPSA) is 91.2 Å². The lowest BCUT2D eigenvalue weighted by atomic mass is 9.97. The average Bonchev–Trinajstić information content (AvgIpc) is 3.54. The molecule has 1 atom stereocenters. The fourth-order valence-electron chi connectivity index (χ4n) is 3.79. The quantitative estimate of drug-likeness (QED) is 0.513. The number of thiophene rings is 1. The molecule has 0 radical (unpaired) electrons. The number of hydrogen-bond donors (Lipinski definition) is 2. The highest BCUT2D eigenvalue weighted by atomic mass is 32.1. The summed E-state index contributed by atoms with van der Waals surface area (Å²) >= 11 is 1.43. The van der Waals surface area contributed by atoms with E-state index in [1.807, 2.05) is 47.8 Å². The Morgan fingerprint density at radius 1 is 1.23 bits per heavy atom. The molecule has 3 aromatic heterocycles. The summed E-state index contributed by atoms with van der Waals surface area (Å²) in [5.41, 5.74) is 2.31. The number of benzene rings is 1. The molecular weight excluding hydrogens is 400 g/mol. The predicted octanol–water partition coefficient (Wildman–Crippen LogP) is 4.38. The van der Waals surface area contributed by atoms with E-state index < -0.39 is 0 Å². The van der Waals surface area contributed by atoms with E-state index in [4.69, 9.17) is 4.42 Å². The summed E-state index contributed by atoms with van der Waals surface area (Å²) in [5, 5.41) is 4.89. The lowest BCUT2D eigenvalue weighted by Gasteiger charge is -2.31. The summed E-state index contributed by atoms with van der Waals surface area (Å²) in [6, 6.07) is 12.9. The molecule has 1 aliphatic rings. The molecule has 2 amide bonds. The fraction of sp³-hybridized carbons (Fsp3) is 0.227. The van der Waals surface area contributed by atoms with Crippen molar-refractivity contribution in [3.05, 3.63) is 59.0 Å². The van der Waals surface area contributed by atoms with Gasteiger partial charge in [0.1, 0.15) is 0 Å². The number of H-pyrrole nitrogens is 1. The van der Waals surface area contributed by atoms with Crippen LogP contribution < -0.4 is 5.32 Å². The summed E-state index contributed by atoms with van der Waals surface area (Å²) in [7, 11) is 0. The van der Waals surface area contributed by atoms with E-state index in [0.29, 0.717) is 35.2 Å². The fourth-order valence-corrected chi connectivity index (χ4v) is 4.48. The lowest BCUT2D eigenvalue weighted by molar-refractivity contribution is -0.121. The molecule has 1 saturated heterocycles. The number of fused-ring (bicyclic) bond motifs is 1. The lowest BCUT2D eigenvalue weighted by Crippen LogP contribution is -2.43. The molecule has 8 heteroatoms. The Hall–Kier alpha value is -3.39. The predicted molar refractivity (Wildman–Crippen MR) is 115 cm³/mol. The van der Waals surface area contributed by atoms with Crippen LogP contribution in [-0.2, 0) is 4.79 Å². The van der Waals surface area contributed by atoms with Crippen LogP contribution in [0.4, 0.5) is 5.69 Å². The van der Waals surface area contributed by atoms with Crippen molar-refractivity contribution in [3.63, 3.8) is 0 Å². The number of hydrogen-bond acceptors (Lipinski definition) is 5. The standard InChI is InChI=1S/C22H20N4O3S/c27-21(14-4-1-9-26(13-14)22(28)19-6-3-11-30-19)23-15-7-8-16-17(12-15)25-20(24-16)18-5-2-10-29-18/h2-3,5-8,10-12,14H,1,4,9,13H2,(H,23,27)(H,24,25). The Bertz CT molecular complexity index is 1180. The molecule has 0 spiro atoms. The number of carbonyl (C=O) groups excluding carboxylic acids is 2. The number of likely N-dealkylation sites (tertiary alicyclic amines) is 1. The highest BCUT2D eigenvalue weighted by Crippen LogP contribution is 2.25. The zero-order valence-electron chi connectivity index (χ0n) is 16.1. The number of furan rings is 1. The number of carbonyl (C=O) groups is 2. The van der Waals surface area contributed by atoms with Crippen molar-refractivity contribution in [1.82, 2.24) is 14.9 Å². The average molecular weight is 420 g/mol. The molecule has 0 bridgehead atoms. The zero-order valence-corrected chi connectivity index (χ0v) is 16.9. The Kier molecular flexibility index (Phi) is 4.84. The summed E-state index contributed by atoms with van der Waals surface area (Å²) in [6.45, 7) is 1.13. The van der Waals surface area contributed by atoms with Gasteiger partial charge in [0.05, 0.1) is 28.1 Å². The number of piperidine rings is 1. The number of aromatic amines is 1. The van der Waals surface area contributed by atoms with E-state index >= 15 is 0 Å².